The Morgan fingerprint density at radius 2 is 2.16 bits per heavy atom. The number of carboxylic acid groups (broad SMARTS) is 1. The predicted octanol–water partition coefficient (Wildman–Crippen LogP) is 3.09. The molecule has 0 aromatic heterocycles. The molecule has 106 valence electrons. The number of hydrogen-bond acceptors (Lipinski definition) is 3. The van der Waals surface area contributed by atoms with Gasteiger partial charge in [0.2, 0.25) is 0 Å². The van der Waals surface area contributed by atoms with Crippen LogP contribution in [-0.4, -0.2) is 42.8 Å². The van der Waals surface area contributed by atoms with Crippen molar-refractivity contribution in [2.45, 2.75) is 13.0 Å². The van der Waals surface area contributed by atoms with E-state index in [0.29, 0.717) is 23.2 Å². The molecular weight excluding hydrogens is 289 g/mol. The second kappa shape index (κ2) is 7.70. The molecule has 0 fully saturated rings. The summed E-state index contributed by atoms with van der Waals surface area (Å²) in [7, 11) is 1.58. The average molecular weight is 306 g/mol. The Labute approximate surface area is 122 Å². The Kier molecular flexibility index (Phi) is 6.58. The van der Waals surface area contributed by atoms with Crippen LogP contribution in [0.5, 0.6) is 0 Å². The van der Waals surface area contributed by atoms with E-state index >= 15 is 0 Å². The van der Waals surface area contributed by atoms with E-state index in [1.807, 2.05) is 6.92 Å². The van der Waals surface area contributed by atoms with Crippen LogP contribution in [0.1, 0.15) is 18.5 Å². The number of carboxylic acids is 1. The number of hydrogen-bond donors (Lipinski definition) is 1. The molecule has 0 aliphatic carbocycles. The van der Waals surface area contributed by atoms with Gasteiger partial charge in [-0.15, -0.1) is 0 Å². The molecule has 0 heterocycles. The van der Waals surface area contributed by atoms with E-state index in [2.05, 4.69) is 0 Å². The van der Waals surface area contributed by atoms with Crippen LogP contribution in [0, 0.1) is 0 Å². The number of aliphatic carboxylic acids is 1. The first-order valence-electron chi connectivity index (χ1n) is 5.85. The zero-order valence-electron chi connectivity index (χ0n) is 10.9. The van der Waals surface area contributed by atoms with Gasteiger partial charge < -0.3 is 9.84 Å². The van der Waals surface area contributed by atoms with E-state index in [9.17, 15) is 4.79 Å². The first kappa shape index (κ1) is 16.2. The van der Waals surface area contributed by atoms with Crippen molar-refractivity contribution in [2.24, 2.45) is 0 Å². The number of rotatable bonds is 7. The summed E-state index contributed by atoms with van der Waals surface area (Å²) < 4.78 is 5.00. The Morgan fingerprint density at radius 3 is 2.74 bits per heavy atom. The third kappa shape index (κ3) is 4.99. The van der Waals surface area contributed by atoms with Gasteiger partial charge in [0.25, 0.3) is 0 Å². The molecule has 1 unspecified atom stereocenters. The molecule has 0 spiro atoms. The van der Waals surface area contributed by atoms with Crippen LogP contribution in [0.4, 0.5) is 0 Å². The molecule has 0 aliphatic heterocycles. The topological polar surface area (TPSA) is 49.8 Å². The van der Waals surface area contributed by atoms with E-state index < -0.39 is 5.97 Å². The Morgan fingerprint density at radius 1 is 1.47 bits per heavy atom. The Hall–Kier alpha value is -0.810. The summed E-state index contributed by atoms with van der Waals surface area (Å²) in [6.07, 6.45) is 0. The number of ether oxygens (including phenoxy) is 1. The van der Waals surface area contributed by atoms with Crippen LogP contribution in [0.25, 0.3) is 0 Å². The van der Waals surface area contributed by atoms with Gasteiger partial charge in [-0.2, -0.15) is 0 Å². The minimum Gasteiger partial charge on any atom is -0.480 e. The molecule has 0 saturated carbocycles. The SMILES string of the molecule is COCCN(CC(=O)O)C(C)c1cc(Cl)ccc1Cl. The smallest absolute Gasteiger partial charge is 0.317 e. The van der Waals surface area contributed by atoms with Crippen molar-refractivity contribution < 1.29 is 14.6 Å². The third-order valence-corrected chi connectivity index (χ3v) is 3.46. The maximum atomic E-state index is 10.9. The van der Waals surface area contributed by atoms with E-state index in [0.717, 1.165) is 5.56 Å². The second-order valence-corrected chi connectivity index (χ2v) is 5.04. The van der Waals surface area contributed by atoms with Gasteiger partial charge in [0.15, 0.2) is 0 Å². The summed E-state index contributed by atoms with van der Waals surface area (Å²) in [5, 5.41) is 10.1. The molecule has 1 atom stereocenters. The molecule has 19 heavy (non-hydrogen) atoms. The third-order valence-electron chi connectivity index (χ3n) is 2.88. The fraction of sp³-hybridized carbons (Fsp3) is 0.462. The van der Waals surface area contributed by atoms with Gasteiger partial charge in [-0.3, -0.25) is 9.69 Å². The molecule has 1 aromatic rings. The molecule has 0 radical (unpaired) electrons. The van der Waals surface area contributed by atoms with E-state index in [1.165, 1.54) is 0 Å². The Balaban J connectivity index is 2.93. The first-order chi connectivity index (χ1) is 8.95. The van der Waals surface area contributed by atoms with Crippen LogP contribution in [0.2, 0.25) is 10.0 Å². The normalized spacial score (nSPS) is 12.7. The largest absolute Gasteiger partial charge is 0.480 e. The summed E-state index contributed by atoms with van der Waals surface area (Å²) in [5.74, 6) is -0.888. The van der Waals surface area contributed by atoms with Gasteiger partial charge in [0, 0.05) is 29.7 Å². The summed E-state index contributed by atoms with van der Waals surface area (Å²) >= 11 is 12.1. The number of methoxy groups -OCH3 is 1. The molecule has 6 heteroatoms. The highest BCUT2D eigenvalue weighted by atomic mass is 35.5. The van der Waals surface area contributed by atoms with Gasteiger partial charge in [-0.05, 0) is 30.7 Å². The van der Waals surface area contributed by atoms with Crippen molar-refractivity contribution in [3.05, 3.63) is 33.8 Å². The van der Waals surface area contributed by atoms with Crippen molar-refractivity contribution in [3.63, 3.8) is 0 Å². The van der Waals surface area contributed by atoms with Crippen LogP contribution in [0.15, 0.2) is 18.2 Å². The molecule has 0 bridgehead atoms. The lowest BCUT2D eigenvalue weighted by Gasteiger charge is -2.28. The second-order valence-electron chi connectivity index (χ2n) is 4.20. The molecule has 0 amide bonds. The van der Waals surface area contributed by atoms with Crippen LogP contribution in [0.3, 0.4) is 0 Å². The lowest BCUT2D eigenvalue weighted by molar-refractivity contribution is -0.139. The summed E-state index contributed by atoms with van der Waals surface area (Å²) in [5.41, 5.74) is 0.812. The highest BCUT2D eigenvalue weighted by Gasteiger charge is 2.20. The Bertz CT molecular complexity index is 440. The standard InChI is InChI=1S/C13H17Cl2NO3/c1-9(11-7-10(14)3-4-12(11)15)16(5-6-19-2)8-13(17)18/h3-4,7,9H,5-6,8H2,1-2H3,(H,17,18). The van der Waals surface area contributed by atoms with Gasteiger partial charge in [-0.1, -0.05) is 23.2 Å². The van der Waals surface area contributed by atoms with Crippen molar-refractivity contribution in [1.82, 2.24) is 4.90 Å². The summed E-state index contributed by atoms with van der Waals surface area (Å²) in [6.45, 7) is 2.78. The number of carbonyl (C=O) groups is 1. The fourth-order valence-corrected chi connectivity index (χ4v) is 2.28. The maximum absolute atomic E-state index is 10.9. The highest BCUT2D eigenvalue weighted by Crippen LogP contribution is 2.29. The first-order valence-corrected chi connectivity index (χ1v) is 6.61. The maximum Gasteiger partial charge on any atom is 0.317 e. The van der Waals surface area contributed by atoms with Gasteiger partial charge in [0.1, 0.15) is 0 Å². The van der Waals surface area contributed by atoms with Gasteiger partial charge in [0.05, 0.1) is 13.2 Å². The summed E-state index contributed by atoms with van der Waals surface area (Å²) in [6, 6.07) is 5.02. The van der Waals surface area contributed by atoms with Gasteiger partial charge in [-0.25, -0.2) is 0 Å². The molecule has 4 nitrogen and oxygen atoms in total. The zero-order valence-corrected chi connectivity index (χ0v) is 12.4. The van der Waals surface area contributed by atoms with E-state index in [4.69, 9.17) is 33.0 Å². The summed E-state index contributed by atoms with van der Waals surface area (Å²) in [4.78, 5) is 12.7. The molecule has 1 rings (SSSR count). The lowest BCUT2D eigenvalue weighted by atomic mass is 10.1. The zero-order chi connectivity index (χ0) is 14.4. The molecule has 0 aliphatic rings. The molecular formula is C13H17Cl2NO3. The predicted molar refractivity (Wildman–Crippen MR) is 76.0 cm³/mol. The average Bonchev–Trinajstić information content (AvgIpc) is 2.36. The highest BCUT2D eigenvalue weighted by molar-refractivity contribution is 6.33. The minimum absolute atomic E-state index is 0.0760. The monoisotopic (exact) mass is 305 g/mol. The minimum atomic E-state index is -0.888. The van der Waals surface area contributed by atoms with Crippen molar-refractivity contribution in [3.8, 4) is 0 Å². The van der Waals surface area contributed by atoms with Crippen LogP contribution in [-0.2, 0) is 9.53 Å². The van der Waals surface area contributed by atoms with Crippen LogP contribution >= 0.6 is 23.2 Å². The molecule has 1 N–H and O–H groups in total. The lowest BCUT2D eigenvalue weighted by Crippen LogP contribution is -2.35. The van der Waals surface area contributed by atoms with E-state index in [1.54, 1.807) is 30.2 Å². The number of nitrogens with zero attached hydrogens (tertiary/aromatic N) is 1. The number of halogens is 2. The fourth-order valence-electron chi connectivity index (χ4n) is 1.82. The van der Waals surface area contributed by atoms with Crippen molar-refractivity contribution in [1.29, 1.82) is 0 Å². The number of benzene rings is 1. The molecule has 0 saturated heterocycles. The van der Waals surface area contributed by atoms with Crippen LogP contribution < -0.4 is 0 Å². The molecule has 1 aromatic carbocycles. The van der Waals surface area contributed by atoms with Gasteiger partial charge >= 0.3 is 5.97 Å². The quantitative estimate of drug-likeness (QED) is 0.841. The van der Waals surface area contributed by atoms with E-state index in [-0.39, 0.29) is 12.6 Å². The van der Waals surface area contributed by atoms with Crippen molar-refractivity contribution >= 4 is 29.2 Å². The van der Waals surface area contributed by atoms with Crippen molar-refractivity contribution in [2.75, 3.05) is 26.8 Å².